The van der Waals surface area contributed by atoms with Gasteiger partial charge in [-0.2, -0.15) is 0 Å². The number of carbonyl (C=O) groups excluding carboxylic acids is 1. The predicted molar refractivity (Wildman–Crippen MR) is 82.5 cm³/mol. The van der Waals surface area contributed by atoms with Crippen molar-refractivity contribution in [3.63, 3.8) is 0 Å². The van der Waals surface area contributed by atoms with Crippen molar-refractivity contribution in [2.45, 2.75) is 13.2 Å². The molecule has 0 aliphatic rings. The minimum absolute atomic E-state index is 0.0692. The van der Waals surface area contributed by atoms with E-state index in [1.807, 2.05) is 0 Å². The van der Waals surface area contributed by atoms with E-state index >= 15 is 0 Å². The molecule has 0 N–H and O–H groups in total. The lowest BCUT2D eigenvalue weighted by Crippen LogP contribution is -2.10. The van der Waals surface area contributed by atoms with Crippen molar-refractivity contribution < 1.29 is 19.5 Å². The number of hydrogen-bond acceptors (Lipinski definition) is 6. The Morgan fingerprint density at radius 2 is 2.00 bits per heavy atom. The van der Waals surface area contributed by atoms with Gasteiger partial charge < -0.3 is 9.57 Å². The summed E-state index contributed by atoms with van der Waals surface area (Å²) in [6, 6.07) is 12.9. The van der Waals surface area contributed by atoms with Gasteiger partial charge in [-0.25, -0.2) is 4.79 Å². The molecule has 2 aromatic carbocycles. The largest absolute Gasteiger partial charge is 0.423 e. The first-order valence-electron chi connectivity index (χ1n) is 6.77. The Hall–Kier alpha value is -3.58. The predicted octanol–water partition coefficient (Wildman–Crippen LogP) is 3.42. The number of azide groups is 1. The van der Waals surface area contributed by atoms with E-state index in [2.05, 4.69) is 14.9 Å². The zero-order valence-electron chi connectivity index (χ0n) is 12.4. The number of benzene rings is 2. The lowest BCUT2D eigenvalue weighted by atomic mass is 10.1. The van der Waals surface area contributed by atoms with Crippen molar-refractivity contribution in [1.29, 1.82) is 0 Å². The van der Waals surface area contributed by atoms with Crippen LogP contribution in [-0.2, 0) is 18.0 Å². The molecule has 0 saturated heterocycles. The maximum atomic E-state index is 12.1. The number of carbonyl (C=O) groups is 1. The molecule has 0 spiro atoms. The van der Waals surface area contributed by atoms with Gasteiger partial charge in [0.2, 0.25) is 0 Å². The van der Waals surface area contributed by atoms with Crippen LogP contribution in [0.4, 0.5) is 0 Å². The van der Waals surface area contributed by atoms with Gasteiger partial charge >= 0.3 is 5.97 Å². The molecule has 0 fully saturated rings. The van der Waals surface area contributed by atoms with Gasteiger partial charge in [-0.3, -0.25) is 0 Å². The zero-order chi connectivity index (χ0) is 17.4. The first-order valence-corrected chi connectivity index (χ1v) is 6.77. The number of esters is 1. The summed E-state index contributed by atoms with van der Waals surface area (Å²) in [5.41, 5.74) is 9.73. The number of hydrogen-bond donors (Lipinski definition) is 0. The van der Waals surface area contributed by atoms with Crippen LogP contribution in [0.25, 0.3) is 10.4 Å². The van der Waals surface area contributed by atoms with E-state index in [9.17, 15) is 14.9 Å². The summed E-state index contributed by atoms with van der Waals surface area (Å²) < 4.78 is 5.31. The van der Waals surface area contributed by atoms with Crippen molar-refractivity contribution in [3.8, 4) is 5.75 Å². The van der Waals surface area contributed by atoms with Crippen LogP contribution in [0.5, 0.6) is 5.75 Å². The highest BCUT2D eigenvalue weighted by Gasteiger charge is 2.12. The van der Waals surface area contributed by atoms with Crippen LogP contribution in [0.1, 0.15) is 21.5 Å². The van der Waals surface area contributed by atoms with Crippen molar-refractivity contribution in [2.24, 2.45) is 5.11 Å². The van der Waals surface area contributed by atoms with Crippen molar-refractivity contribution >= 4 is 5.97 Å². The average Bonchev–Trinajstić information content (AvgIpc) is 2.60. The van der Waals surface area contributed by atoms with E-state index < -0.39 is 11.1 Å². The third kappa shape index (κ3) is 4.72. The zero-order valence-corrected chi connectivity index (χ0v) is 12.4. The minimum atomic E-state index is -0.906. The summed E-state index contributed by atoms with van der Waals surface area (Å²) in [5.74, 6) is -0.354. The molecule has 0 heterocycles. The molecule has 0 atom stereocenters. The fraction of sp³-hybridized carbons (Fsp3) is 0.133. The fourth-order valence-electron chi connectivity index (χ4n) is 1.91. The van der Waals surface area contributed by atoms with Gasteiger partial charge in [0.05, 0.1) is 12.1 Å². The van der Waals surface area contributed by atoms with E-state index in [1.54, 1.807) is 30.3 Å². The second kappa shape index (κ2) is 8.16. The monoisotopic (exact) mass is 328 g/mol. The Kier molecular flexibility index (Phi) is 5.71. The van der Waals surface area contributed by atoms with Gasteiger partial charge in [0.15, 0.2) is 0 Å². The highest BCUT2D eigenvalue weighted by atomic mass is 16.9. The van der Waals surface area contributed by atoms with Crippen LogP contribution in [0.3, 0.4) is 0 Å². The Labute approximate surface area is 136 Å². The average molecular weight is 328 g/mol. The third-order valence-electron chi connectivity index (χ3n) is 2.98. The molecule has 0 aromatic heterocycles. The normalized spacial score (nSPS) is 9.67. The molecule has 0 radical (unpaired) electrons. The molecule has 0 bridgehead atoms. The molecule has 0 aliphatic carbocycles. The molecule has 0 saturated carbocycles. The standard InChI is InChI=1S/C15H12N4O5/c16-18-17-9-13-8-11(10-23-19(21)22)6-7-14(13)24-15(20)12-4-2-1-3-5-12/h1-8H,9-10H2. The molecule has 0 amide bonds. The number of nitrogens with zero attached hydrogens (tertiary/aromatic N) is 4. The highest BCUT2D eigenvalue weighted by Crippen LogP contribution is 2.23. The van der Waals surface area contributed by atoms with Gasteiger partial charge in [-0.1, -0.05) is 35.4 Å². The maximum Gasteiger partial charge on any atom is 0.343 e. The van der Waals surface area contributed by atoms with Crippen LogP contribution in [-0.4, -0.2) is 11.1 Å². The van der Waals surface area contributed by atoms with Crippen LogP contribution in [0.15, 0.2) is 53.6 Å². The third-order valence-corrected chi connectivity index (χ3v) is 2.98. The molecule has 9 heteroatoms. The lowest BCUT2D eigenvalue weighted by Gasteiger charge is -2.10. The SMILES string of the molecule is [N-]=[N+]=NCc1cc(CO[N+](=O)[O-])ccc1OC(=O)c1ccccc1. The van der Waals surface area contributed by atoms with Gasteiger partial charge in [0, 0.05) is 10.5 Å². The van der Waals surface area contributed by atoms with Crippen molar-refractivity contribution in [3.05, 3.63) is 85.8 Å². The van der Waals surface area contributed by atoms with Crippen molar-refractivity contribution in [2.75, 3.05) is 0 Å². The fourth-order valence-corrected chi connectivity index (χ4v) is 1.91. The first-order chi connectivity index (χ1) is 11.6. The van der Waals surface area contributed by atoms with Crippen LogP contribution >= 0.6 is 0 Å². The summed E-state index contributed by atoms with van der Waals surface area (Å²) in [5, 5.41) is 12.8. The van der Waals surface area contributed by atoms with E-state index in [0.29, 0.717) is 16.7 Å². The van der Waals surface area contributed by atoms with Gasteiger partial charge in [-0.15, -0.1) is 10.1 Å². The maximum absolute atomic E-state index is 12.1. The van der Waals surface area contributed by atoms with Crippen LogP contribution < -0.4 is 4.74 Å². The van der Waals surface area contributed by atoms with Crippen molar-refractivity contribution in [1.82, 2.24) is 0 Å². The summed E-state index contributed by atoms with van der Waals surface area (Å²) >= 11 is 0. The van der Waals surface area contributed by atoms with E-state index in [0.717, 1.165) is 0 Å². The Morgan fingerprint density at radius 1 is 1.25 bits per heavy atom. The Morgan fingerprint density at radius 3 is 2.67 bits per heavy atom. The lowest BCUT2D eigenvalue weighted by molar-refractivity contribution is -0.763. The number of rotatable bonds is 7. The van der Waals surface area contributed by atoms with E-state index in [4.69, 9.17) is 10.3 Å². The Bertz CT molecular complexity index is 788. The van der Waals surface area contributed by atoms with Gasteiger partial charge in [0.1, 0.15) is 12.4 Å². The molecule has 0 unspecified atom stereocenters. The highest BCUT2D eigenvalue weighted by molar-refractivity contribution is 5.91. The first kappa shape index (κ1) is 16.8. The van der Waals surface area contributed by atoms with E-state index in [1.165, 1.54) is 18.2 Å². The summed E-state index contributed by atoms with van der Waals surface area (Å²) in [6.07, 6.45) is 0. The van der Waals surface area contributed by atoms with E-state index in [-0.39, 0.29) is 18.9 Å². The summed E-state index contributed by atoms with van der Waals surface area (Å²) in [7, 11) is 0. The minimum Gasteiger partial charge on any atom is -0.423 e. The molecule has 9 nitrogen and oxygen atoms in total. The molecular formula is C15H12N4O5. The van der Waals surface area contributed by atoms with Gasteiger partial charge in [-0.05, 0) is 29.3 Å². The van der Waals surface area contributed by atoms with Gasteiger partial charge in [0.25, 0.3) is 5.09 Å². The van der Waals surface area contributed by atoms with Crippen LogP contribution in [0, 0.1) is 10.1 Å². The summed E-state index contributed by atoms with van der Waals surface area (Å²) in [6.45, 7) is -0.330. The second-order valence-electron chi connectivity index (χ2n) is 4.58. The quantitative estimate of drug-likeness (QED) is 0.146. The second-order valence-corrected chi connectivity index (χ2v) is 4.58. The number of ether oxygens (including phenoxy) is 1. The smallest absolute Gasteiger partial charge is 0.343 e. The summed E-state index contributed by atoms with van der Waals surface area (Å²) in [4.78, 5) is 29.3. The molecular weight excluding hydrogens is 316 g/mol. The topological polar surface area (TPSA) is 127 Å². The molecule has 2 rings (SSSR count). The Balaban J connectivity index is 2.22. The molecule has 0 aliphatic heterocycles. The molecule has 24 heavy (non-hydrogen) atoms. The van der Waals surface area contributed by atoms with Crippen LogP contribution in [0.2, 0.25) is 0 Å². The molecule has 2 aromatic rings. The molecule has 122 valence electrons.